The van der Waals surface area contributed by atoms with Gasteiger partial charge in [-0.15, -0.1) is 0 Å². The Morgan fingerprint density at radius 3 is 2.63 bits per heavy atom. The Balaban J connectivity index is 3.14. The average Bonchev–Trinajstić information content (AvgIpc) is 2.35. The number of benzene rings is 1. The van der Waals surface area contributed by atoms with Crippen LogP contribution in [-0.4, -0.2) is 39.2 Å². The number of nitrogens with one attached hydrogen (secondary N) is 1. The second-order valence-electron chi connectivity index (χ2n) is 3.93. The first kappa shape index (κ1) is 15.4. The van der Waals surface area contributed by atoms with Crippen LogP contribution in [0.5, 0.6) is 5.75 Å². The molecule has 0 spiro atoms. The number of carbonyl (C=O) groups is 1. The van der Waals surface area contributed by atoms with Crippen molar-refractivity contribution in [1.29, 1.82) is 0 Å². The molecule has 0 aliphatic heterocycles. The van der Waals surface area contributed by atoms with Crippen LogP contribution in [0.15, 0.2) is 23.1 Å². The van der Waals surface area contributed by atoms with Gasteiger partial charge >= 0.3 is 0 Å². The molecule has 1 rings (SSSR count). The molecular formula is C11H16N2O5S. The lowest BCUT2D eigenvalue weighted by Crippen LogP contribution is -2.30. The van der Waals surface area contributed by atoms with E-state index in [9.17, 15) is 13.2 Å². The van der Waals surface area contributed by atoms with Gasteiger partial charge in [-0.3, -0.25) is 4.79 Å². The van der Waals surface area contributed by atoms with Gasteiger partial charge < -0.3 is 15.6 Å². The van der Waals surface area contributed by atoms with Crippen LogP contribution in [0.3, 0.4) is 0 Å². The molecule has 19 heavy (non-hydrogen) atoms. The summed E-state index contributed by atoms with van der Waals surface area (Å²) in [5, 5.41) is 9.07. The Labute approximate surface area is 111 Å². The topological polar surface area (TPSA) is 119 Å². The summed E-state index contributed by atoms with van der Waals surface area (Å²) < 4.78 is 30.9. The van der Waals surface area contributed by atoms with Crippen LogP contribution < -0.4 is 15.2 Å². The number of ether oxygens (including phenoxy) is 1. The number of aliphatic hydroxyl groups excluding tert-OH is 1. The summed E-state index contributed by atoms with van der Waals surface area (Å²) in [6, 6.07) is 3.76. The van der Waals surface area contributed by atoms with Gasteiger partial charge in [-0.1, -0.05) is 0 Å². The van der Waals surface area contributed by atoms with E-state index < -0.39 is 22.0 Å². The first-order chi connectivity index (χ1) is 8.77. The molecule has 1 aromatic carbocycles. The number of amides is 1. The van der Waals surface area contributed by atoms with Crippen molar-refractivity contribution < 1.29 is 23.1 Å². The van der Waals surface area contributed by atoms with E-state index in [1.54, 1.807) is 0 Å². The number of hydrogen-bond acceptors (Lipinski definition) is 5. The van der Waals surface area contributed by atoms with Crippen molar-refractivity contribution in [2.45, 2.75) is 17.9 Å². The molecule has 106 valence electrons. The summed E-state index contributed by atoms with van der Waals surface area (Å²) in [5.41, 5.74) is 5.12. The monoisotopic (exact) mass is 288 g/mol. The minimum absolute atomic E-state index is 0.0255. The number of methoxy groups -OCH3 is 1. The van der Waals surface area contributed by atoms with Gasteiger partial charge in [-0.05, 0) is 25.1 Å². The van der Waals surface area contributed by atoms with E-state index in [0.29, 0.717) is 0 Å². The summed E-state index contributed by atoms with van der Waals surface area (Å²) in [6.45, 7) is 1.33. The molecule has 0 aromatic heterocycles. The third-order valence-electron chi connectivity index (χ3n) is 2.32. The number of carbonyl (C=O) groups excluding carboxylic acids is 1. The Hall–Kier alpha value is -1.64. The molecule has 0 heterocycles. The Kier molecular flexibility index (Phi) is 4.87. The highest BCUT2D eigenvalue weighted by molar-refractivity contribution is 7.89. The second-order valence-corrected chi connectivity index (χ2v) is 5.69. The van der Waals surface area contributed by atoms with E-state index in [2.05, 4.69) is 4.72 Å². The highest BCUT2D eigenvalue weighted by Crippen LogP contribution is 2.21. The Morgan fingerprint density at radius 1 is 1.53 bits per heavy atom. The third-order valence-corrected chi connectivity index (χ3v) is 3.74. The Bertz CT molecular complexity index is 568. The number of primary amides is 1. The molecule has 0 aliphatic carbocycles. The fraction of sp³-hybridized carbons (Fsp3) is 0.364. The van der Waals surface area contributed by atoms with Gasteiger partial charge in [0.2, 0.25) is 10.0 Å². The van der Waals surface area contributed by atoms with Crippen molar-refractivity contribution in [3.8, 4) is 5.75 Å². The zero-order valence-electron chi connectivity index (χ0n) is 10.6. The summed E-state index contributed by atoms with van der Waals surface area (Å²) in [5.74, 6) is -0.591. The van der Waals surface area contributed by atoms with Gasteiger partial charge in [-0.2, -0.15) is 0 Å². The average molecular weight is 288 g/mol. The van der Waals surface area contributed by atoms with E-state index in [0.717, 1.165) is 6.07 Å². The van der Waals surface area contributed by atoms with E-state index in [-0.39, 0.29) is 22.8 Å². The summed E-state index contributed by atoms with van der Waals surface area (Å²) in [7, 11) is -2.46. The Morgan fingerprint density at radius 2 is 2.16 bits per heavy atom. The minimum Gasteiger partial charge on any atom is -0.496 e. The van der Waals surface area contributed by atoms with Gasteiger partial charge in [0.25, 0.3) is 5.91 Å². The molecule has 0 saturated carbocycles. The SMILES string of the molecule is COc1ccc(S(=O)(=O)NC[C@@H](C)O)cc1C(N)=O. The van der Waals surface area contributed by atoms with E-state index in [1.807, 2.05) is 0 Å². The van der Waals surface area contributed by atoms with Crippen molar-refractivity contribution >= 4 is 15.9 Å². The van der Waals surface area contributed by atoms with Crippen LogP contribution in [0.4, 0.5) is 0 Å². The van der Waals surface area contributed by atoms with Gasteiger partial charge in [0.1, 0.15) is 5.75 Å². The summed E-state index contributed by atoms with van der Waals surface area (Å²) in [6.07, 6.45) is -0.816. The highest BCUT2D eigenvalue weighted by atomic mass is 32.2. The van der Waals surface area contributed by atoms with Crippen LogP contribution in [0.2, 0.25) is 0 Å². The fourth-order valence-electron chi connectivity index (χ4n) is 1.36. The predicted octanol–water partition coefficient (Wildman–Crippen LogP) is -0.547. The normalized spacial score (nSPS) is 13.0. The predicted molar refractivity (Wildman–Crippen MR) is 68.4 cm³/mol. The zero-order chi connectivity index (χ0) is 14.6. The largest absolute Gasteiger partial charge is 0.496 e. The first-order valence-corrected chi connectivity index (χ1v) is 6.92. The number of sulfonamides is 1. The molecule has 7 nitrogen and oxygen atoms in total. The molecule has 0 saturated heterocycles. The van der Waals surface area contributed by atoms with Crippen LogP contribution in [0, 0.1) is 0 Å². The molecule has 1 amide bonds. The maximum absolute atomic E-state index is 11.9. The lowest BCUT2D eigenvalue weighted by molar-refractivity contribution is 0.0997. The van der Waals surface area contributed by atoms with Crippen molar-refractivity contribution in [3.05, 3.63) is 23.8 Å². The number of nitrogens with two attached hydrogens (primary N) is 1. The summed E-state index contributed by atoms with van der Waals surface area (Å²) >= 11 is 0. The van der Waals surface area contributed by atoms with Crippen molar-refractivity contribution in [1.82, 2.24) is 4.72 Å². The molecular weight excluding hydrogens is 272 g/mol. The maximum Gasteiger partial charge on any atom is 0.252 e. The van der Waals surface area contributed by atoms with Crippen LogP contribution in [0.1, 0.15) is 17.3 Å². The van der Waals surface area contributed by atoms with Crippen LogP contribution in [-0.2, 0) is 10.0 Å². The van der Waals surface area contributed by atoms with Gasteiger partial charge in [0.15, 0.2) is 0 Å². The molecule has 0 aliphatic rings. The lowest BCUT2D eigenvalue weighted by atomic mass is 10.2. The molecule has 4 N–H and O–H groups in total. The molecule has 0 bridgehead atoms. The molecule has 8 heteroatoms. The molecule has 1 aromatic rings. The van der Waals surface area contributed by atoms with Gasteiger partial charge in [0, 0.05) is 6.54 Å². The lowest BCUT2D eigenvalue weighted by Gasteiger charge is -2.11. The van der Waals surface area contributed by atoms with Crippen molar-refractivity contribution in [3.63, 3.8) is 0 Å². The number of aliphatic hydroxyl groups is 1. The zero-order valence-corrected chi connectivity index (χ0v) is 11.4. The van der Waals surface area contributed by atoms with E-state index in [1.165, 1.54) is 26.2 Å². The molecule has 0 radical (unpaired) electrons. The standard InChI is InChI=1S/C11H16N2O5S/c1-7(14)6-13-19(16,17)8-3-4-10(18-2)9(5-8)11(12)15/h3-5,7,13-14H,6H2,1-2H3,(H2,12,15)/t7-/m1/s1. The van der Waals surface area contributed by atoms with Crippen LogP contribution in [0.25, 0.3) is 0 Å². The van der Waals surface area contributed by atoms with E-state index >= 15 is 0 Å². The smallest absolute Gasteiger partial charge is 0.252 e. The van der Waals surface area contributed by atoms with E-state index in [4.69, 9.17) is 15.6 Å². The third kappa shape index (κ3) is 3.91. The molecule has 0 fully saturated rings. The summed E-state index contributed by atoms with van der Waals surface area (Å²) in [4.78, 5) is 11.1. The highest BCUT2D eigenvalue weighted by Gasteiger charge is 2.18. The maximum atomic E-state index is 11.9. The minimum atomic E-state index is -3.81. The van der Waals surface area contributed by atoms with Gasteiger partial charge in [-0.25, -0.2) is 13.1 Å². The molecule has 0 unspecified atom stereocenters. The quantitative estimate of drug-likeness (QED) is 0.649. The molecule has 1 atom stereocenters. The first-order valence-electron chi connectivity index (χ1n) is 5.43. The van der Waals surface area contributed by atoms with Crippen LogP contribution >= 0.6 is 0 Å². The number of rotatable bonds is 6. The number of hydrogen-bond donors (Lipinski definition) is 3. The van der Waals surface area contributed by atoms with Crippen molar-refractivity contribution in [2.75, 3.05) is 13.7 Å². The van der Waals surface area contributed by atoms with Gasteiger partial charge in [0.05, 0.1) is 23.7 Å². The van der Waals surface area contributed by atoms with Crippen molar-refractivity contribution in [2.24, 2.45) is 5.73 Å². The second kappa shape index (κ2) is 6.00. The fourth-order valence-corrected chi connectivity index (χ4v) is 2.51.